The number of hydrogen-bond acceptors (Lipinski definition) is 4. The number of pyridine rings is 1. The van der Waals surface area contributed by atoms with Crippen molar-refractivity contribution >= 4 is 17.7 Å². The maximum absolute atomic E-state index is 12.9. The van der Waals surface area contributed by atoms with Gasteiger partial charge in [-0.2, -0.15) is 0 Å². The van der Waals surface area contributed by atoms with Gasteiger partial charge in [0.05, 0.1) is 14.2 Å². The van der Waals surface area contributed by atoms with Gasteiger partial charge in [0.1, 0.15) is 5.70 Å². The highest BCUT2D eigenvalue weighted by Gasteiger charge is 2.13. The van der Waals surface area contributed by atoms with Crippen molar-refractivity contribution in [1.29, 1.82) is 0 Å². The maximum Gasteiger partial charge on any atom is 0.268 e. The number of amides is 1. The Morgan fingerprint density at radius 1 is 0.967 bits per heavy atom. The van der Waals surface area contributed by atoms with E-state index in [1.165, 1.54) is 10.6 Å². The van der Waals surface area contributed by atoms with Crippen molar-refractivity contribution < 1.29 is 14.3 Å². The average Bonchev–Trinajstić information content (AvgIpc) is 2.78. The van der Waals surface area contributed by atoms with Crippen LogP contribution in [0, 0.1) is 0 Å². The van der Waals surface area contributed by atoms with Crippen LogP contribution in [0.4, 0.5) is 0 Å². The molecule has 6 nitrogen and oxygen atoms in total. The van der Waals surface area contributed by atoms with Gasteiger partial charge in [0.25, 0.3) is 11.5 Å². The summed E-state index contributed by atoms with van der Waals surface area (Å²) in [7, 11) is 3.17. The molecule has 0 radical (unpaired) electrons. The molecule has 3 rings (SSSR count). The third kappa shape index (κ3) is 5.17. The van der Waals surface area contributed by atoms with E-state index in [-0.39, 0.29) is 17.2 Å². The molecule has 1 aromatic heterocycles. The van der Waals surface area contributed by atoms with Gasteiger partial charge in [0, 0.05) is 18.8 Å². The Morgan fingerprint density at radius 3 is 2.40 bits per heavy atom. The fourth-order valence-corrected chi connectivity index (χ4v) is 3.03. The number of benzene rings is 2. The van der Waals surface area contributed by atoms with Crippen LogP contribution in [-0.4, -0.2) is 31.2 Å². The van der Waals surface area contributed by atoms with E-state index in [2.05, 4.69) is 5.32 Å². The van der Waals surface area contributed by atoms with Crippen LogP contribution in [0.15, 0.2) is 77.7 Å². The van der Waals surface area contributed by atoms with Gasteiger partial charge in [-0.1, -0.05) is 42.5 Å². The maximum atomic E-state index is 12.9. The molecule has 1 heterocycles. The van der Waals surface area contributed by atoms with Crippen molar-refractivity contribution in [3.63, 3.8) is 0 Å². The summed E-state index contributed by atoms with van der Waals surface area (Å²) in [5.41, 5.74) is 1.82. The molecular weight excluding hydrogens is 380 g/mol. The van der Waals surface area contributed by atoms with Gasteiger partial charge in [-0.15, -0.1) is 0 Å². The first kappa shape index (κ1) is 20.9. The Balaban J connectivity index is 1.77. The SMILES string of the molecule is COc1ccc(CCNC(=O)C(=Cc2ccccc2)n2ccccc2=O)cc1OC. The summed E-state index contributed by atoms with van der Waals surface area (Å²) < 4.78 is 11.9. The van der Waals surface area contributed by atoms with Crippen LogP contribution in [0.3, 0.4) is 0 Å². The van der Waals surface area contributed by atoms with Gasteiger partial charge >= 0.3 is 0 Å². The molecular formula is C24H24N2O4. The average molecular weight is 404 g/mol. The predicted molar refractivity (Wildman–Crippen MR) is 118 cm³/mol. The molecule has 0 saturated heterocycles. The van der Waals surface area contributed by atoms with E-state index in [0.717, 1.165) is 11.1 Å². The lowest BCUT2D eigenvalue weighted by Gasteiger charge is -2.13. The number of hydrogen-bond donors (Lipinski definition) is 1. The number of nitrogens with zero attached hydrogens (tertiary/aromatic N) is 1. The van der Waals surface area contributed by atoms with Crippen LogP contribution < -0.4 is 20.3 Å². The molecule has 0 unspecified atom stereocenters. The summed E-state index contributed by atoms with van der Waals surface area (Å²) in [6.07, 6.45) is 3.90. The fourth-order valence-electron chi connectivity index (χ4n) is 3.03. The van der Waals surface area contributed by atoms with Crippen molar-refractivity contribution in [3.8, 4) is 11.5 Å². The van der Waals surface area contributed by atoms with E-state index in [1.807, 2.05) is 48.5 Å². The largest absolute Gasteiger partial charge is 0.493 e. The minimum atomic E-state index is -0.326. The molecule has 30 heavy (non-hydrogen) atoms. The molecule has 2 aromatic carbocycles. The first-order valence-electron chi connectivity index (χ1n) is 9.56. The van der Waals surface area contributed by atoms with Crippen molar-refractivity contribution in [2.45, 2.75) is 6.42 Å². The highest BCUT2D eigenvalue weighted by atomic mass is 16.5. The van der Waals surface area contributed by atoms with Crippen molar-refractivity contribution in [1.82, 2.24) is 9.88 Å². The van der Waals surface area contributed by atoms with Crippen molar-refractivity contribution in [2.24, 2.45) is 0 Å². The number of methoxy groups -OCH3 is 2. The Kier molecular flexibility index (Phi) is 7.05. The third-order valence-corrected chi connectivity index (χ3v) is 4.56. The topological polar surface area (TPSA) is 69.6 Å². The molecule has 0 spiro atoms. The number of ether oxygens (including phenoxy) is 2. The Bertz CT molecular complexity index is 1090. The minimum Gasteiger partial charge on any atom is -0.493 e. The highest BCUT2D eigenvalue weighted by Crippen LogP contribution is 2.27. The summed E-state index contributed by atoms with van der Waals surface area (Å²) >= 11 is 0. The van der Waals surface area contributed by atoms with Crippen LogP contribution in [0.1, 0.15) is 11.1 Å². The van der Waals surface area contributed by atoms with E-state index in [9.17, 15) is 9.59 Å². The highest BCUT2D eigenvalue weighted by molar-refractivity contribution is 6.18. The zero-order chi connectivity index (χ0) is 21.3. The molecule has 0 aliphatic rings. The zero-order valence-electron chi connectivity index (χ0n) is 17.0. The minimum absolute atomic E-state index is 0.263. The van der Waals surface area contributed by atoms with Crippen molar-refractivity contribution in [3.05, 3.63) is 94.4 Å². The number of carbonyl (C=O) groups excluding carboxylic acids is 1. The van der Waals surface area contributed by atoms with Crippen LogP contribution in [-0.2, 0) is 11.2 Å². The standard InChI is InChI=1S/C24H24N2O4/c1-29-21-12-11-19(17-22(21)30-2)13-14-25-24(28)20(16-18-8-4-3-5-9-18)26-15-7-6-10-23(26)27/h3-12,15-17H,13-14H2,1-2H3,(H,25,28). The third-order valence-electron chi connectivity index (χ3n) is 4.56. The molecule has 0 atom stereocenters. The Hall–Kier alpha value is -3.80. The van der Waals surface area contributed by atoms with E-state index in [4.69, 9.17) is 9.47 Å². The number of rotatable bonds is 8. The second-order valence-electron chi connectivity index (χ2n) is 6.54. The first-order valence-corrected chi connectivity index (χ1v) is 9.56. The quantitative estimate of drug-likeness (QED) is 0.586. The zero-order valence-corrected chi connectivity index (χ0v) is 17.0. The Labute approximate surface area is 175 Å². The lowest BCUT2D eigenvalue weighted by molar-refractivity contribution is -0.115. The molecule has 0 aliphatic heterocycles. The Morgan fingerprint density at radius 2 is 1.70 bits per heavy atom. The smallest absolute Gasteiger partial charge is 0.268 e. The molecule has 154 valence electrons. The molecule has 6 heteroatoms. The number of nitrogens with one attached hydrogen (secondary N) is 1. The summed E-state index contributed by atoms with van der Waals surface area (Å²) in [5, 5.41) is 2.90. The van der Waals surface area contributed by atoms with E-state index in [0.29, 0.717) is 24.5 Å². The lowest BCUT2D eigenvalue weighted by Crippen LogP contribution is -2.31. The van der Waals surface area contributed by atoms with E-state index in [1.54, 1.807) is 38.6 Å². The first-order chi connectivity index (χ1) is 14.6. The van der Waals surface area contributed by atoms with Gasteiger partial charge in [-0.25, -0.2) is 0 Å². The van der Waals surface area contributed by atoms with Gasteiger partial charge in [-0.05, 0) is 41.8 Å². The summed E-state index contributed by atoms with van der Waals surface area (Å²) in [4.78, 5) is 25.2. The lowest BCUT2D eigenvalue weighted by atomic mass is 10.1. The normalized spacial score (nSPS) is 11.1. The molecule has 0 bridgehead atoms. The van der Waals surface area contributed by atoms with Gasteiger partial charge in [0.2, 0.25) is 0 Å². The molecule has 0 saturated carbocycles. The molecule has 0 fully saturated rings. The molecule has 1 N–H and O–H groups in total. The second-order valence-corrected chi connectivity index (χ2v) is 6.54. The van der Waals surface area contributed by atoms with Crippen LogP contribution in [0.5, 0.6) is 11.5 Å². The fraction of sp³-hybridized carbons (Fsp3) is 0.167. The van der Waals surface area contributed by atoms with E-state index >= 15 is 0 Å². The second kappa shape index (κ2) is 10.1. The number of carbonyl (C=O) groups is 1. The van der Waals surface area contributed by atoms with E-state index < -0.39 is 0 Å². The van der Waals surface area contributed by atoms with Crippen LogP contribution >= 0.6 is 0 Å². The van der Waals surface area contributed by atoms with Gasteiger partial charge < -0.3 is 14.8 Å². The van der Waals surface area contributed by atoms with Gasteiger partial charge in [-0.3, -0.25) is 14.2 Å². The predicted octanol–water partition coefficient (Wildman–Crippen LogP) is 3.22. The molecule has 3 aromatic rings. The summed E-state index contributed by atoms with van der Waals surface area (Å²) in [5.74, 6) is 0.969. The summed E-state index contributed by atoms with van der Waals surface area (Å²) in [6.45, 7) is 0.405. The molecule has 0 aliphatic carbocycles. The summed E-state index contributed by atoms with van der Waals surface area (Å²) in [6, 6.07) is 19.9. The van der Waals surface area contributed by atoms with Gasteiger partial charge in [0.15, 0.2) is 11.5 Å². The van der Waals surface area contributed by atoms with Crippen LogP contribution in [0.2, 0.25) is 0 Å². The van der Waals surface area contributed by atoms with Crippen molar-refractivity contribution in [2.75, 3.05) is 20.8 Å². The van der Waals surface area contributed by atoms with Crippen LogP contribution in [0.25, 0.3) is 11.8 Å². The monoisotopic (exact) mass is 404 g/mol. The number of aromatic nitrogens is 1. The molecule has 1 amide bonds.